The van der Waals surface area contributed by atoms with Gasteiger partial charge in [0.15, 0.2) is 5.16 Å². The number of carbonyl (C=O) groups excluding carboxylic acids is 2. The van der Waals surface area contributed by atoms with E-state index in [0.29, 0.717) is 18.8 Å². The normalized spacial score (nSPS) is 15.6. The number of imidazole rings is 1. The Morgan fingerprint density at radius 2 is 1.94 bits per heavy atom. The van der Waals surface area contributed by atoms with Crippen molar-refractivity contribution in [3.8, 4) is 11.1 Å². The van der Waals surface area contributed by atoms with E-state index in [4.69, 9.17) is 4.98 Å². The minimum Gasteiger partial charge on any atom is -0.330 e. The van der Waals surface area contributed by atoms with Crippen LogP contribution in [0.2, 0.25) is 0 Å². The zero-order chi connectivity index (χ0) is 24.5. The molecule has 180 valence electrons. The maximum Gasteiger partial charge on any atom is 0.248 e. The van der Waals surface area contributed by atoms with Crippen LogP contribution in [0.3, 0.4) is 0 Å². The average Bonchev–Trinajstić information content (AvgIpc) is 3.56. The summed E-state index contributed by atoms with van der Waals surface area (Å²) >= 11 is 1.41. The minimum absolute atomic E-state index is 0.0517. The molecule has 2 aromatic heterocycles. The Morgan fingerprint density at radius 3 is 2.74 bits per heavy atom. The predicted octanol–water partition coefficient (Wildman–Crippen LogP) is 4.00. The number of carbonyl (C=O) groups is 2. The van der Waals surface area contributed by atoms with E-state index in [2.05, 4.69) is 16.5 Å². The molecular formula is C26H28N6O2S. The van der Waals surface area contributed by atoms with Crippen LogP contribution in [-0.4, -0.2) is 54.4 Å². The Morgan fingerprint density at radius 1 is 1.14 bits per heavy atom. The zero-order valence-electron chi connectivity index (χ0n) is 20.1. The Labute approximate surface area is 208 Å². The predicted molar refractivity (Wildman–Crippen MR) is 138 cm³/mol. The van der Waals surface area contributed by atoms with Crippen molar-refractivity contribution in [2.24, 2.45) is 14.1 Å². The number of benzene rings is 2. The summed E-state index contributed by atoms with van der Waals surface area (Å²) < 4.78 is 3.67. The summed E-state index contributed by atoms with van der Waals surface area (Å²) in [6.45, 7) is 2.62. The van der Waals surface area contributed by atoms with Crippen molar-refractivity contribution in [3.05, 3.63) is 60.3 Å². The summed E-state index contributed by atoms with van der Waals surface area (Å²) in [6.07, 6.45) is 3.20. The van der Waals surface area contributed by atoms with Crippen molar-refractivity contribution in [1.82, 2.24) is 24.2 Å². The van der Waals surface area contributed by atoms with Crippen molar-refractivity contribution >= 4 is 40.4 Å². The van der Waals surface area contributed by atoms with Crippen molar-refractivity contribution < 1.29 is 9.59 Å². The first-order valence-corrected chi connectivity index (χ1v) is 12.6. The molecule has 0 radical (unpaired) electrons. The van der Waals surface area contributed by atoms with E-state index in [1.165, 1.54) is 11.8 Å². The Balaban J connectivity index is 1.28. The lowest BCUT2D eigenvalue weighted by Gasteiger charge is -2.24. The number of hydrogen-bond donors (Lipinski definition) is 1. The fourth-order valence-electron chi connectivity index (χ4n) is 4.58. The number of likely N-dealkylation sites (tertiary alicyclic amines) is 1. The first-order valence-electron chi connectivity index (χ1n) is 11.7. The standard InChI is InChI=1S/C26H28N6O2S/c1-17-11-12-21-20(14-17)28-26(30(21)2)35-16-23(33)32-13-7-10-22(32)25(34)29-24-19(15-27-31(24)3)18-8-5-4-6-9-18/h4-6,8-9,11-12,14-15,22H,7,10,13,16H2,1-3H3,(H,29,34)/t22-/m0/s1. The molecule has 1 atom stereocenters. The molecule has 5 rings (SSSR count). The highest BCUT2D eigenvalue weighted by Crippen LogP contribution is 2.29. The molecule has 4 aromatic rings. The Kier molecular flexibility index (Phi) is 6.34. The molecule has 0 aliphatic carbocycles. The maximum atomic E-state index is 13.3. The van der Waals surface area contributed by atoms with Crippen LogP contribution < -0.4 is 5.32 Å². The van der Waals surface area contributed by atoms with Crippen LogP contribution in [0, 0.1) is 6.92 Å². The number of nitrogens with one attached hydrogen (secondary N) is 1. The van der Waals surface area contributed by atoms with Crippen LogP contribution >= 0.6 is 11.8 Å². The number of fused-ring (bicyclic) bond motifs is 1. The highest BCUT2D eigenvalue weighted by molar-refractivity contribution is 7.99. The third-order valence-corrected chi connectivity index (χ3v) is 7.48. The molecule has 1 saturated heterocycles. The van der Waals surface area contributed by atoms with E-state index < -0.39 is 6.04 Å². The summed E-state index contributed by atoms with van der Waals surface area (Å²) in [4.78, 5) is 32.8. The van der Waals surface area contributed by atoms with E-state index in [9.17, 15) is 9.59 Å². The number of thioether (sulfide) groups is 1. The lowest BCUT2D eigenvalue weighted by molar-refractivity contribution is -0.134. The summed E-state index contributed by atoms with van der Waals surface area (Å²) in [5, 5.41) is 8.16. The number of rotatable bonds is 6. The van der Waals surface area contributed by atoms with Crippen LogP contribution in [0.1, 0.15) is 18.4 Å². The lowest BCUT2D eigenvalue weighted by Crippen LogP contribution is -2.44. The Hall–Kier alpha value is -3.59. The highest BCUT2D eigenvalue weighted by Gasteiger charge is 2.34. The van der Waals surface area contributed by atoms with Crippen LogP contribution in [-0.2, 0) is 23.7 Å². The smallest absolute Gasteiger partial charge is 0.248 e. The molecule has 1 aliphatic rings. The summed E-state index contributed by atoms with van der Waals surface area (Å²) in [7, 11) is 3.76. The van der Waals surface area contributed by atoms with Crippen LogP contribution in [0.5, 0.6) is 0 Å². The van der Waals surface area contributed by atoms with Gasteiger partial charge in [-0.3, -0.25) is 14.3 Å². The fraction of sp³-hybridized carbons (Fsp3) is 0.308. The summed E-state index contributed by atoms with van der Waals surface area (Å²) in [5.74, 6) is 0.634. The Bertz CT molecular complexity index is 1390. The molecule has 0 spiro atoms. The van der Waals surface area contributed by atoms with Gasteiger partial charge in [-0.05, 0) is 43.0 Å². The molecule has 8 nitrogen and oxygen atoms in total. The largest absolute Gasteiger partial charge is 0.330 e. The zero-order valence-corrected chi connectivity index (χ0v) is 20.9. The lowest BCUT2D eigenvalue weighted by atomic mass is 10.1. The minimum atomic E-state index is -0.496. The van der Waals surface area contributed by atoms with Crippen LogP contribution in [0.4, 0.5) is 5.82 Å². The van der Waals surface area contributed by atoms with Crippen molar-refractivity contribution in [2.45, 2.75) is 31.0 Å². The molecule has 0 unspecified atom stereocenters. The van der Waals surface area contributed by atoms with Crippen molar-refractivity contribution in [1.29, 1.82) is 0 Å². The second kappa shape index (κ2) is 9.58. The third kappa shape index (κ3) is 4.55. The van der Waals surface area contributed by atoms with Gasteiger partial charge >= 0.3 is 0 Å². The second-order valence-corrected chi connectivity index (χ2v) is 9.81. The first-order chi connectivity index (χ1) is 16.9. The van der Waals surface area contributed by atoms with E-state index in [1.54, 1.807) is 22.8 Å². The van der Waals surface area contributed by atoms with Gasteiger partial charge in [0, 0.05) is 26.2 Å². The molecule has 3 heterocycles. The first kappa shape index (κ1) is 23.2. The van der Waals surface area contributed by atoms with Crippen molar-refractivity contribution in [2.75, 3.05) is 17.6 Å². The number of amides is 2. The highest BCUT2D eigenvalue weighted by atomic mass is 32.2. The van der Waals surface area contributed by atoms with Gasteiger partial charge in [0.05, 0.1) is 23.0 Å². The van der Waals surface area contributed by atoms with Gasteiger partial charge in [-0.1, -0.05) is 48.2 Å². The quantitative estimate of drug-likeness (QED) is 0.415. The van der Waals surface area contributed by atoms with E-state index >= 15 is 0 Å². The molecule has 2 amide bonds. The van der Waals surface area contributed by atoms with Crippen LogP contribution in [0.15, 0.2) is 59.9 Å². The molecule has 35 heavy (non-hydrogen) atoms. The number of aryl methyl sites for hydroxylation is 3. The molecule has 9 heteroatoms. The van der Waals surface area contributed by atoms with Gasteiger partial charge in [-0.25, -0.2) is 4.98 Å². The van der Waals surface area contributed by atoms with Gasteiger partial charge in [0.25, 0.3) is 0 Å². The summed E-state index contributed by atoms with van der Waals surface area (Å²) in [6, 6.07) is 15.5. The molecule has 1 N–H and O–H groups in total. The molecule has 1 aliphatic heterocycles. The molecule has 0 bridgehead atoms. The molecule has 0 saturated carbocycles. The van der Waals surface area contributed by atoms with E-state index in [0.717, 1.165) is 39.3 Å². The van der Waals surface area contributed by atoms with Gasteiger partial charge < -0.3 is 14.8 Å². The number of aromatic nitrogens is 4. The topological polar surface area (TPSA) is 85.1 Å². The second-order valence-electron chi connectivity index (χ2n) is 8.87. The molecule has 1 fully saturated rings. The number of nitrogens with zero attached hydrogens (tertiary/aromatic N) is 5. The van der Waals surface area contributed by atoms with Gasteiger partial charge in [0.1, 0.15) is 11.9 Å². The summed E-state index contributed by atoms with van der Waals surface area (Å²) in [5.41, 5.74) is 4.94. The van der Waals surface area contributed by atoms with E-state index in [1.807, 2.05) is 61.0 Å². The van der Waals surface area contributed by atoms with Gasteiger partial charge in [-0.15, -0.1) is 0 Å². The van der Waals surface area contributed by atoms with Gasteiger partial charge in [0.2, 0.25) is 11.8 Å². The fourth-order valence-corrected chi connectivity index (χ4v) is 5.45. The molecule has 2 aromatic carbocycles. The van der Waals surface area contributed by atoms with Gasteiger partial charge in [-0.2, -0.15) is 5.10 Å². The number of hydrogen-bond acceptors (Lipinski definition) is 5. The molecular weight excluding hydrogens is 460 g/mol. The average molecular weight is 489 g/mol. The number of anilines is 1. The van der Waals surface area contributed by atoms with Crippen LogP contribution in [0.25, 0.3) is 22.2 Å². The van der Waals surface area contributed by atoms with Crippen molar-refractivity contribution in [3.63, 3.8) is 0 Å². The maximum absolute atomic E-state index is 13.3. The van der Waals surface area contributed by atoms with E-state index in [-0.39, 0.29) is 17.6 Å². The third-order valence-electron chi connectivity index (χ3n) is 6.46. The SMILES string of the molecule is Cc1ccc2c(c1)nc(SCC(=O)N1CCC[C@H]1C(=O)Nc1c(-c3ccccc3)cnn1C)n2C. The monoisotopic (exact) mass is 488 g/mol.